The number of ether oxygens (including phenoxy) is 1. The molecule has 1 N–H and O–H groups in total. The van der Waals surface area contributed by atoms with E-state index in [4.69, 9.17) is 4.74 Å². The summed E-state index contributed by atoms with van der Waals surface area (Å²) in [6.07, 6.45) is 0.747. The van der Waals surface area contributed by atoms with Gasteiger partial charge in [0.1, 0.15) is 12.4 Å². The topological polar surface area (TPSA) is 74.1 Å². The van der Waals surface area contributed by atoms with E-state index in [1.54, 1.807) is 23.1 Å². The zero-order valence-electron chi connectivity index (χ0n) is 20.2. The lowest BCUT2D eigenvalue weighted by Crippen LogP contribution is -3.05. The van der Waals surface area contributed by atoms with E-state index in [1.165, 1.54) is 16.2 Å². The Labute approximate surface area is 210 Å². The van der Waals surface area contributed by atoms with Crippen molar-refractivity contribution in [3.05, 3.63) is 93.2 Å². The van der Waals surface area contributed by atoms with Gasteiger partial charge in [-0.3, -0.25) is 9.59 Å². The van der Waals surface area contributed by atoms with Gasteiger partial charge in [0.15, 0.2) is 0 Å². The maximum atomic E-state index is 13.6. The summed E-state index contributed by atoms with van der Waals surface area (Å²) in [4.78, 5) is 29.7. The Morgan fingerprint density at radius 1 is 1.09 bits per heavy atom. The first kappa shape index (κ1) is 24.7. The second-order valence-electron chi connectivity index (χ2n) is 9.05. The van der Waals surface area contributed by atoms with Crippen molar-refractivity contribution in [2.45, 2.75) is 26.0 Å². The fourth-order valence-electron chi connectivity index (χ4n) is 4.29. The van der Waals surface area contributed by atoms with Crippen LogP contribution in [0.2, 0.25) is 0 Å². The molecule has 1 atom stereocenters. The number of rotatable bonds is 9. The summed E-state index contributed by atoms with van der Waals surface area (Å²) >= 11 is 1.45. The molecule has 1 unspecified atom stereocenters. The number of thiophene rings is 1. The van der Waals surface area contributed by atoms with Crippen LogP contribution in [0.15, 0.2) is 71.6 Å². The Hall–Kier alpha value is -3.42. The number of aryl methyl sites for hydroxylation is 1. The van der Waals surface area contributed by atoms with E-state index in [0.717, 1.165) is 29.0 Å². The molecule has 1 aliphatic rings. The number of carbonyl (C=O) groups excluding carboxylic acids is 2. The first-order valence-corrected chi connectivity index (χ1v) is 12.6. The van der Waals surface area contributed by atoms with Gasteiger partial charge in [0, 0.05) is 23.4 Å². The number of amides is 1. The molecule has 0 bridgehead atoms. The molecule has 1 amide bonds. The van der Waals surface area contributed by atoms with Crippen LogP contribution < -0.4 is 14.7 Å². The fraction of sp³-hybridized carbons (Fsp3) is 0.286. The lowest BCUT2D eigenvalue weighted by atomic mass is 9.98. The number of Topliss-reactive ketones (excluding diaryl/α,β-unsaturated/α-hetero) is 1. The lowest BCUT2D eigenvalue weighted by Gasteiger charge is -2.26. The van der Waals surface area contributed by atoms with Gasteiger partial charge >= 0.3 is 0 Å². The Bertz CT molecular complexity index is 1220. The molecule has 6 nitrogen and oxygen atoms in total. The summed E-state index contributed by atoms with van der Waals surface area (Å²) in [6.45, 7) is 3.59. The van der Waals surface area contributed by atoms with E-state index < -0.39 is 23.5 Å². The smallest absolute Gasteiger partial charge is 0.295 e. The molecule has 0 radical (unpaired) electrons. The van der Waals surface area contributed by atoms with Crippen LogP contribution in [0.5, 0.6) is 5.75 Å². The van der Waals surface area contributed by atoms with E-state index in [0.29, 0.717) is 24.5 Å². The number of nitrogens with zero attached hydrogens (tertiary/aromatic N) is 1. The highest BCUT2D eigenvalue weighted by Crippen LogP contribution is 2.40. The number of quaternary nitrogens is 1. The number of nitrogens with one attached hydrogen (secondary N) is 1. The number of benzene rings is 2. The van der Waals surface area contributed by atoms with Gasteiger partial charge in [-0.05, 0) is 47.2 Å². The molecule has 1 aliphatic heterocycles. The molecule has 1 fully saturated rings. The van der Waals surface area contributed by atoms with Crippen molar-refractivity contribution in [3.8, 4) is 5.75 Å². The third kappa shape index (κ3) is 5.47. The summed E-state index contributed by atoms with van der Waals surface area (Å²) in [5.41, 5.74) is 2.26. The minimum absolute atomic E-state index is 0.0343. The first-order chi connectivity index (χ1) is 16.9. The number of ketones is 1. The SMILES string of the molecule is Cc1cc(C([O-])=C2C(=O)C(=O)N(CCC[NH+](C)C)C2c2cccs2)ccc1OCc1ccccc1. The van der Waals surface area contributed by atoms with E-state index in [2.05, 4.69) is 0 Å². The van der Waals surface area contributed by atoms with Crippen molar-refractivity contribution in [1.82, 2.24) is 4.90 Å². The first-order valence-electron chi connectivity index (χ1n) is 11.7. The standard InChI is InChI=1S/C28H30N2O4S/c1-19-17-21(12-13-22(19)34-18-20-9-5-4-6-10-20)26(31)24-25(23-11-7-16-35-23)30(28(33)27(24)32)15-8-14-29(2)3/h4-7,9-13,16-17,25,31H,8,14-15,18H2,1-3H3. The molecular weight excluding hydrogens is 460 g/mol. The van der Waals surface area contributed by atoms with Gasteiger partial charge in [0.05, 0.1) is 26.7 Å². The second-order valence-corrected chi connectivity index (χ2v) is 10.0. The molecule has 182 valence electrons. The van der Waals surface area contributed by atoms with Crippen LogP contribution in [0.25, 0.3) is 5.76 Å². The molecule has 4 rings (SSSR count). The predicted octanol–water partition coefficient (Wildman–Crippen LogP) is 2.39. The molecule has 0 spiro atoms. The Balaban J connectivity index is 1.63. The summed E-state index contributed by atoms with van der Waals surface area (Å²) in [6, 6.07) is 18.1. The maximum absolute atomic E-state index is 13.6. The summed E-state index contributed by atoms with van der Waals surface area (Å²) in [5.74, 6) is -1.03. The molecular formula is C28H30N2O4S. The van der Waals surface area contributed by atoms with Crippen molar-refractivity contribution in [2.24, 2.45) is 0 Å². The highest BCUT2D eigenvalue weighted by molar-refractivity contribution is 7.10. The van der Waals surface area contributed by atoms with Gasteiger partial charge in [0.2, 0.25) is 5.78 Å². The Morgan fingerprint density at radius 3 is 2.51 bits per heavy atom. The van der Waals surface area contributed by atoms with Crippen LogP contribution >= 0.6 is 11.3 Å². The largest absolute Gasteiger partial charge is 0.872 e. The molecule has 2 aromatic carbocycles. The Morgan fingerprint density at radius 2 is 1.86 bits per heavy atom. The molecule has 0 saturated carbocycles. The van der Waals surface area contributed by atoms with Crippen molar-refractivity contribution in [3.63, 3.8) is 0 Å². The fourth-order valence-corrected chi connectivity index (χ4v) is 5.14. The summed E-state index contributed by atoms with van der Waals surface area (Å²) < 4.78 is 5.93. The van der Waals surface area contributed by atoms with Gasteiger partial charge in [-0.1, -0.05) is 48.2 Å². The van der Waals surface area contributed by atoms with Crippen molar-refractivity contribution in [1.29, 1.82) is 0 Å². The van der Waals surface area contributed by atoms with E-state index in [1.807, 2.05) is 68.9 Å². The third-order valence-electron chi connectivity index (χ3n) is 6.09. The number of carbonyl (C=O) groups is 2. The minimum atomic E-state index is -0.701. The van der Waals surface area contributed by atoms with Crippen LogP contribution in [-0.2, 0) is 16.2 Å². The molecule has 0 aliphatic carbocycles. The lowest BCUT2D eigenvalue weighted by molar-refractivity contribution is -0.858. The van der Waals surface area contributed by atoms with Crippen LogP contribution in [-0.4, -0.2) is 43.8 Å². The van der Waals surface area contributed by atoms with Crippen molar-refractivity contribution < 1.29 is 24.3 Å². The summed E-state index contributed by atoms with van der Waals surface area (Å²) in [5, 5.41) is 15.5. The van der Waals surface area contributed by atoms with Crippen LogP contribution in [0, 0.1) is 6.92 Å². The molecule has 35 heavy (non-hydrogen) atoms. The van der Waals surface area contributed by atoms with Gasteiger partial charge < -0.3 is 19.6 Å². The van der Waals surface area contributed by atoms with Gasteiger partial charge in [0.25, 0.3) is 5.91 Å². The van der Waals surface area contributed by atoms with Gasteiger partial charge in [-0.15, -0.1) is 11.3 Å². The number of hydrogen-bond acceptors (Lipinski definition) is 5. The van der Waals surface area contributed by atoms with Gasteiger partial charge in [-0.25, -0.2) is 0 Å². The van der Waals surface area contributed by atoms with Crippen molar-refractivity contribution in [2.75, 3.05) is 27.2 Å². The maximum Gasteiger partial charge on any atom is 0.295 e. The zero-order valence-corrected chi connectivity index (χ0v) is 21.1. The van der Waals surface area contributed by atoms with Gasteiger partial charge in [-0.2, -0.15) is 0 Å². The quantitative estimate of drug-likeness (QED) is 0.284. The van der Waals surface area contributed by atoms with Crippen LogP contribution in [0.1, 0.15) is 34.0 Å². The summed E-state index contributed by atoms with van der Waals surface area (Å²) in [7, 11) is 4.09. The number of hydrogen-bond donors (Lipinski definition) is 1. The third-order valence-corrected chi connectivity index (χ3v) is 7.02. The van der Waals surface area contributed by atoms with E-state index >= 15 is 0 Å². The minimum Gasteiger partial charge on any atom is -0.872 e. The van der Waals surface area contributed by atoms with Crippen LogP contribution in [0.4, 0.5) is 0 Å². The predicted molar refractivity (Wildman–Crippen MR) is 135 cm³/mol. The van der Waals surface area contributed by atoms with E-state index in [9.17, 15) is 14.7 Å². The molecule has 2 heterocycles. The normalized spacial score (nSPS) is 17.4. The zero-order chi connectivity index (χ0) is 24.9. The Kier molecular flexibility index (Phi) is 7.68. The second kappa shape index (κ2) is 10.9. The van der Waals surface area contributed by atoms with E-state index in [-0.39, 0.29) is 5.57 Å². The average molecular weight is 491 g/mol. The number of likely N-dealkylation sites (tertiary alicyclic amines) is 1. The molecule has 7 heteroatoms. The average Bonchev–Trinajstić information content (AvgIpc) is 3.46. The highest BCUT2D eigenvalue weighted by atomic mass is 32.1. The van der Waals surface area contributed by atoms with Crippen LogP contribution in [0.3, 0.4) is 0 Å². The monoisotopic (exact) mass is 490 g/mol. The van der Waals surface area contributed by atoms with Crippen molar-refractivity contribution >= 4 is 28.8 Å². The molecule has 1 aromatic heterocycles. The molecule has 3 aromatic rings. The highest BCUT2D eigenvalue weighted by Gasteiger charge is 2.44. The molecule has 1 saturated heterocycles.